The monoisotopic (exact) mass is 425 g/mol. The number of imidazole rings is 1. The lowest BCUT2D eigenvalue weighted by Gasteiger charge is -2.42. The molecule has 5 nitrogen and oxygen atoms in total. The molecule has 0 bridgehead atoms. The molecule has 0 spiro atoms. The first-order chi connectivity index (χ1) is 14.6. The summed E-state index contributed by atoms with van der Waals surface area (Å²) < 4.78 is 2.11. The zero-order chi connectivity index (χ0) is 21.1. The molecule has 30 heavy (non-hydrogen) atoms. The fraction of sp³-hybridized carbons (Fsp3) is 0.458. The van der Waals surface area contributed by atoms with Crippen molar-refractivity contribution in [2.24, 2.45) is 11.7 Å². The van der Waals surface area contributed by atoms with Crippen LogP contribution in [0.1, 0.15) is 39.0 Å². The van der Waals surface area contributed by atoms with Crippen molar-refractivity contribution in [3.63, 3.8) is 0 Å². The lowest BCUT2D eigenvalue weighted by Crippen LogP contribution is -2.45. The number of likely N-dealkylation sites (tertiary alicyclic amines) is 1. The third kappa shape index (κ3) is 4.28. The van der Waals surface area contributed by atoms with Gasteiger partial charge in [-0.2, -0.15) is 0 Å². The van der Waals surface area contributed by atoms with Crippen LogP contribution in [0.5, 0.6) is 0 Å². The number of unbranched alkanes of at least 4 members (excludes halogenated alkanes) is 2. The Morgan fingerprint density at radius 2 is 2.03 bits per heavy atom. The zero-order valence-corrected chi connectivity index (χ0v) is 18.6. The molecular formula is C24H32ClN5. The molecule has 1 aromatic carbocycles. The molecule has 0 saturated carbocycles. The van der Waals surface area contributed by atoms with Crippen LogP contribution in [0.15, 0.2) is 48.9 Å². The van der Waals surface area contributed by atoms with Gasteiger partial charge in [0.2, 0.25) is 5.95 Å². The van der Waals surface area contributed by atoms with E-state index < -0.39 is 0 Å². The van der Waals surface area contributed by atoms with Crippen molar-refractivity contribution < 1.29 is 0 Å². The van der Waals surface area contributed by atoms with E-state index in [1.54, 1.807) is 0 Å². The van der Waals surface area contributed by atoms with Crippen LogP contribution in [0.2, 0.25) is 5.02 Å². The average molecular weight is 426 g/mol. The number of rotatable bonds is 7. The SMILES string of the molecule is C=C1C=C(N2CCCC(CN)C2)N(CCCCC)c2nc(-c3ccc(Cl)cc3)cn21. The fourth-order valence-electron chi connectivity index (χ4n) is 4.39. The van der Waals surface area contributed by atoms with Crippen LogP contribution in [-0.2, 0) is 0 Å². The molecule has 1 aromatic heterocycles. The van der Waals surface area contributed by atoms with Gasteiger partial charge >= 0.3 is 0 Å². The molecule has 2 aliphatic rings. The second kappa shape index (κ2) is 9.27. The number of hydrogen-bond donors (Lipinski definition) is 1. The van der Waals surface area contributed by atoms with Gasteiger partial charge in [-0.15, -0.1) is 0 Å². The van der Waals surface area contributed by atoms with Crippen molar-refractivity contribution in [3.8, 4) is 11.3 Å². The van der Waals surface area contributed by atoms with Crippen LogP contribution in [0.3, 0.4) is 0 Å². The third-order valence-electron chi connectivity index (χ3n) is 6.11. The predicted octanol–water partition coefficient (Wildman–Crippen LogP) is 5.20. The molecule has 160 valence electrons. The van der Waals surface area contributed by atoms with Gasteiger partial charge in [0, 0.05) is 48.2 Å². The second-order valence-corrected chi connectivity index (χ2v) is 8.78. The Balaban J connectivity index is 1.68. The van der Waals surface area contributed by atoms with Crippen LogP contribution in [0.25, 0.3) is 17.0 Å². The zero-order valence-electron chi connectivity index (χ0n) is 17.9. The molecule has 2 aromatic rings. The number of hydrogen-bond acceptors (Lipinski definition) is 4. The van der Waals surface area contributed by atoms with Gasteiger partial charge in [0.15, 0.2) is 0 Å². The van der Waals surface area contributed by atoms with E-state index in [9.17, 15) is 0 Å². The minimum absolute atomic E-state index is 0.553. The van der Waals surface area contributed by atoms with Crippen molar-refractivity contribution in [2.75, 3.05) is 31.1 Å². The molecule has 1 saturated heterocycles. The standard InChI is InChI=1S/C24H32ClN5/c1-3-4-5-13-29-23(28-12-6-7-19(15-26)16-28)14-18(2)30-17-22(27-24(29)30)20-8-10-21(25)11-9-20/h8-11,14,17,19H,2-7,12-13,15-16,26H2,1H3. The smallest absolute Gasteiger partial charge is 0.216 e. The van der Waals surface area contributed by atoms with Gasteiger partial charge in [0.25, 0.3) is 0 Å². The molecule has 0 aliphatic carbocycles. The number of fused-ring (bicyclic) bond motifs is 1. The van der Waals surface area contributed by atoms with Gasteiger partial charge in [0.1, 0.15) is 5.82 Å². The molecule has 3 heterocycles. The number of aromatic nitrogens is 2. The number of piperidine rings is 1. The summed E-state index contributed by atoms with van der Waals surface area (Å²) in [4.78, 5) is 9.90. The van der Waals surface area contributed by atoms with E-state index in [0.717, 1.165) is 60.5 Å². The van der Waals surface area contributed by atoms with Gasteiger partial charge in [-0.25, -0.2) is 4.98 Å². The van der Waals surface area contributed by atoms with Gasteiger partial charge in [0.05, 0.1) is 5.69 Å². The van der Waals surface area contributed by atoms with Crippen LogP contribution >= 0.6 is 11.6 Å². The number of benzene rings is 1. The Labute approximate surface area is 184 Å². The summed E-state index contributed by atoms with van der Waals surface area (Å²) >= 11 is 6.08. The highest BCUT2D eigenvalue weighted by Crippen LogP contribution is 2.35. The van der Waals surface area contributed by atoms with E-state index in [4.69, 9.17) is 22.3 Å². The Bertz CT molecular complexity index is 914. The van der Waals surface area contributed by atoms with Gasteiger partial charge < -0.3 is 10.6 Å². The first kappa shape index (κ1) is 21.0. The fourth-order valence-corrected chi connectivity index (χ4v) is 4.52. The van der Waals surface area contributed by atoms with Crippen LogP contribution in [-0.4, -0.2) is 40.6 Å². The molecule has 6 heteroatoms. The maximum absolute atomic E-state index is 6.08. The molecular weight excluding hydrogens is 394 g/mol. The second-order valence-electron chi connectivity index (χ2n) is 8.35. The average Bonchev–Trinajstić information content (AvgIpc) is 3.22. The van der Waals surface area contributed by atoms with Crippen LogP contribution in [0, 0.1) is 5.92 Å². The Morgan fingerprint density at radius 3 is 2.77 bits per heavy atom. The summed E-state index contributed by atoms with van der Waals surface area (Å²) in [6.45, 7) is 10.3. The summed E-state index contributed by atoms with van der Waals surface area (Å²) in [5, 5.41) is 0.733. The predicted molar refractivity (Wildman–Crippen MR) is 126 cm³/mol. The summed E-state index contributed by atoms with van der Waals surface area (Å²) in [6.07, 6.45) is 10.2. The Kier molecular flexibility index (Phi) is 6.49. The van der Waals surface area contributed by atoms with E-state index in [-0.39, 0.29) is 0 Å². The summed E-state index contributed by atoms with van der Waals surface area (Å²) in [7, 11) is 0. The Hall–Kier alpha value is -2.24. The topological polar surface area (TPSA) is 50.3 Å². The van der Waals surface area contributed by atoms with Crippen molar-refractivity contribution in [2.45, 2.75) is 39.0 Å². The van der Waals surface area contributed by atoms with E-state index in [2.05, 4.69) is 40.1 Å². The van der Waals surface area contributed by atoms with Crippen molar-refractivity contribution >= 4 is 23.2 Å². The largest absolute Gasteiger partial charge is 0.358 e. The number of nitrogens with two attached hydrogens (primary N) is 1. The van der Waals surface area contributed by atoms with Crippen molar-refractivity contribution in [1.29, 1.82) is 0 Å². The number of anilines is 1. The Morgan fingerprint density at radius 1 is 1.23 bits per heavy atom. The third-order valence-corrected chi connectivity index (χ3v) is 6.36. The van der Waals surface area contributed by atoms with Crippen molar-refractivity contribution in [3.05, 3.63) is 54.0 Å². The molecule has 1 atom stereocenters. The first-order valence-electron chi connectivity index (χ1n) is 11.1. The first-order valence-corrected chi connectivity index (χ1v) is 11.5. The van der Waals surface area contributed by atoms with E-state index in [1.165, 1.54) is 31.5 Å². The molecule has 2 aliphatic heterocycles. The maximum Gasteiger partial charge on any atom is 0.216 e. The normalized spacial score (nSPS) is 19.1. The minimum Gasteiger partial charge on any atom is -0.358 e. The highest BCUT2D eigenvalue weighted by Gasteiger charge is 2.30. The minimum atomic E-state index is 0.553. The highest BCUT2D eigenvalue weighted by atomic mass is 35.5. The van der Waals surface area contributed by atoms with Crippen LogP contribution in [0.4, 0.5) is 5.95 Å². The quantitative estimate of drug-likeness (QED) is 0.619. The highest BCUT2D eigenvalue weighted by molar-refractivity contribution is 6.30. The van der Waals surface area contributed by atoms with E-state index in [0.29, 0.717) is 5.92 Å². The lowest BCUT2D eigenvalue weighted by atomic mass is 9.98. The summed E-state index contributed by atoms with van der Waals surface area (Å²) in [6, 6.07) is 7.86. The van der Waals surface area contributed by atoms with Crippen molar-refractivity contribution in [1.82, 2.24) is 14.5 Å². The van der Waals surface area contributed by atoms with Gasteiger partial charge in [-0.3, -0.25) is 9.47 Å². The maximum atomic E-state index is 6.08. The number of nitrogens with zero attached hydrogens (tertiary/aromatic N) is 4. The van der Waals surface area contributed by atoms with E-state index >= 15 is 0 Å². The molecule has 1 unspecified atom stereocenters. The number of allylic oxidation sites excluding steroid dienone is 2. The van der Waals surface area contributed by atoms with Gasteiger partial charge in [-0.05, 0) is 43.9 Å². The summed E-state index contributed by atoms with van der Waals surface area (Å²) in [5.41, 5.74) is 8.96. The molecule has 4 rings (SSSR count). The summed E-state index contributed by atoms with van der Waals surface area (Å²) in [5.74, 6) is 2.72. The number of halogens is 1. The molecule has 1 fully saturated rings. The molecule has 0 amide bonds. The lowest BCUT2D eigenvalue weighted by molar-refractivity contribution is 0.215. The molecule has 0 radical (unpaired) electrons. The van der Waals surface area contributed by atoms with Crippen LogP contribution < -0.4 is 10.6 Å². The molecule has 2 N–H and O–H groups in total. The van der Waals surface area contributed by atoms with E-state index in [1.807, 2.05) is 24.3 Å². The van der Waals surface area contributed by atoms with Gasteiger partial charge in [-0.1, -0.05) is 50.1 Å².